The molecule has 7 nitrogen and oxygen atoms in total. The SMILES string of the molecule is Br.CC(=O)OC1CC2CC[C@@H]3[C@@H](CC[C@]4(C)C(OC(C)=O)C([N+]5(C)CCCCCC5)C[C@@H]34)[C@@]2(C)CC1N1CCOCC1. The summed E-state index contributed by atoms with van der Waals surface area (Å²) in [5.74, 6) is 2.35. The highest BCUT2D eigenvalue weighted by Crippen LogP contribution is 2.67. The fourth-order valence-electron chi connectivity index (χ4n) is 11.6. The van der Waals surface area contributed by atoms with Crippen LogP contribution in [0.2, 0.25) is 0 Å². The van der Waals surface area contributed by atoms with Crippen LogP contribution in [0.1, 0.15) is 98.3 Å². The van der Waals surface area contributed by atoms with Gasteiger partial charge in [-0.2, -0.15) is 0 Å². The molecule has 4 aliphatic carbocycles. The molecule has 10 atom stereocenters. The van der Waals surface area contributed by atoms with Crippen molar-refractivity contribution in [3.05, 3.63) is 0 Å². The van der Waals surface area contributed by atoms with E-state index in [4.69, 9.17) is 14.2 Å². The van der Waals surface area contributed by atoms with Gasteiger partial charge in [-0.3, -0.25) is 14.5 Å². The molecule has 8 heteroatoms. The molecular formula is C34H58BrN2O5+. The third kappa shape index (κ3) is 5.73. The van der Waals surface area contributed by atoms with E-state index >= 15 is 0 Å². The Morgan fingerprint density at radius 1 is 0.857 bits per heavy atom. The molecule has 2 saturated heterocycles. The number of likely N-dealkylation sites (N-methyl/N-ethyl adjacent to an activating group) is 1. The predicted octanol–water partition coefficient (Wildman–Crippen LogP) is 5.78. The Labute approximate surface area is 265 Å². The number of carbonyl (C=O) groups is 2. The van der Waals surface area contributed by atoms with Crippen LogP contribution in [0.25, 0.3) is 0 Å². The van der Waals surface area contributed by atoms with E-state index in [1.807, 2.05) is 0 Å². The Morgan fingerprint density at radius 3 is 2.17 bits per heavy atom. The topological polar surface area (TPSA) is 65.1 Å². The van der Waals surface area contributed by atoms with Gasteiger partial charge in [0.05, 0.1) is 33.4 Å². The molecule has 5 unspecified atom stereocenters. The van der Waals surface area contributed by atoms with Gasteiger partial charge in [-0.1, -0.05) is 13.8 Å². The molecule has 240 valence electrons. The van der Waals surface area contributed by atoms with Gasteiger partial charge in [0.15, 0.2) is 6.10 Å². The smallest absolute Gasteiger partial charge is 0.303 e. The number of morpholine rings is 1. The monoisotopic (exact) mass is 653 g/mol. The number of hydrogen-bond donors (Lipinski definition) is 0. The summed E-state index contributed by atoms with van der Waals surface area (Å²) in [6.07, 6.45) is 13.5. The van der Waals surface area contributed by atoms with Crippen molar-refractivity contribution >= 4 is 28.9 Å². The molecule has 0 N–H and O–H groups in total. The number of halogens is 1. The number of carbonyl (C=O) groups excluding carboxylic acids is 2. The van der Waals surface area contributed by atoms with Crippen molar-refractivity contribution in [1.29, 1.82) is 0 Å². The minimum Gasteiger partial charge on any atom is -0.461 e. The van der Waals surface area contributed by atoms with Gasteiger partial charge >= 0.3 is 11.9 Å². The van der Waals surface area contributed by atoms with E-state index in [1.165, 1.54) is 64.5 Å². The molecule has 42 heavy (non-hydrogen) atoms. The largest absolute Gasteiger partial charge is 0.461 e. The Bertz CT molecular complexity index is 981. The highest BCUT2D eigenvalue weighted by atomic mass is 79.9. The Hall–Kier alpha value is -0.700. The van der Waals surface area contributed by atoms with Gasteiger partial charge in [-0.15, -0.1) is 17.0 Å². The summed E-state index contributed by atoms with van der Waals surface area (Å²) >= 11 is 0. The van der Waals surface area contributed by atoms with Crippen molar-refractivity contribution in [1.82, 2.24) is 4.90 Å². The van der Waals surface area contributed by atoms with E-state index in [1.54, 1.807) is 13.8 Å². The van der Waals surface area contributed by atoms with Crippen LogP contribution in [0, 0.1) is 34.5 Å². The number of fused-ring (bicyclic) bond motifs is 5. The predicted molar refractivity (Wildman–Crippen MR) is 168 cm³/mol. The second-order valence-corrected chi connectivity index (χ2v) is 15.7. The van der Waals surface area contributed by atoms with Crippen LogP contribution in [-0.2, 0) is 23.8 Å². The Balaban J connectivity index is 0.00000353. The molecule has 2 aliphatic heterocycles. The van der Waals surface area contributed by atoms with Crippen LogP contribution in [0.5, 0.6) is 0 Å². The lowest BCUT2D eigenvalue weighted by Crippen LogP contribution is -2.61. The van der Waals surface area contributed by atoms with Crippen molar-refractivity contribution in [2.45, 2.75) is 123 Å². The van der Waals surface area contributed by atoms with E-state index in [0.29, 0.717) is 29.7 Å². The van der Waals surface area contributed by atoms with Crippen LogP contribution >= 0.6 is 17.0 Å². The summed E-state index contributed by atoms with van der Waals surface area (Å²) < 4.78 is 19.2. The summed E-state index contributed by atoms with van der Waals surface area (Å²) in [6, 6.07) is 0.694. The summed E-state index contributed by atoms with van der Waals surface area (Å²) in [6.45, 7) is 14.1. The molecule has 0 aromatic heterocycles. The third-order valence-electron chi connectivity index (χ3n) is 13.6. The fourth-order valence-corrected chi connectivity index (χ4v) is 11.6. The lowest BCUT2D eigenvalue weighted by atomic mass is 9.44. The van der Waals surface area contributed by atoms with Crippen LogP contribution in [0.3, 0.4) is 0 Å². The van der Waals surface area contributed by atoms with E-state index in [0.717, 1.165) is 50.0 Å². The van der Waals surface area contributed by atoms with Gasteiger partial charge < -0.3 is 18.7 Å². The zero-order valence-corrected chi connectivity index (χ0v) is 28.7. The third-order valence-corrected chi connectivity index (χ3v) is 13.6. The quantitative estimate of drug-likeness (QED) is 0.283. The average molecular weight is 655 g/mol. The van der Waals surface area contributed by atoms with E-state index in [2.05, 4.69) is 25.8 Å². The molecule has 0 amide bonds. The first-order valence-electron chi connectivity index (χ1n) is 17.1. The lowest BCUT2D eigenvalue weighted by molar-refractivity contribution is -0.935. The van der Waals surface area contributed by atoms with Gasteiger partial charge in [-0.05, 0) is 93.3 Å². The zero-order chi connectivity index (χ0) is 29.0. The highest BCUT2D eigenvalue weighted by molar-refractivity contribution is 8.93. The first-order valence-corrected chi connectivity index (χ1v) is 17.1. The maximum absolute atomic E-state index is 12.6. The molecule has 6 aliphatic rings. The standard InChI is InChI=1S/C34H57N2O5.BrH/c1-23(37)40-31-20-25-10-11-26-27(34(25,4)22-29(31)35-14-18-39-19-15-35)12-13-33(3)28(26)21-30(32(33)41-24(2)38)36(5)16-8-6-7-9-17-36;/h25-32H,6-22H2,1-5H3;1H/q+1;/t25?,26-,27-,28+,29?,30?,31?,32?,33+,34+;/m1./s1. The van der Waals surface area contributed by atoms with Crippen molar-refractivity contribution in [3.63, 3.8) is 0 Å². The molecule has 2 heterocycles. The molecule has 6 rings (SSSR count). The maximum atomic E-state index is 12.6. The van der Waals surface area contributed by atoms with Crippen LogP contribution < -0.4 is 0 Å². The number of quaternary nitrogens is 1. The first kappa shape index (κ1) is 32.7. The zero-order valence-electron chi connectivity index (χ0n) is 27.0. The molecule has 6 fully saturated rings. The average Bonchev–Trinajstić information content (AvgIpc) is 3.06. The lowest BCUT2D eigenvalue weighted by Gasteiger charge is -2.62. The Kier molecular flexibility index (Phi) is 9.80. The molecule has 0 radical (unpaired) electrons. The summed E-state index contributed by atoms with van der Waals surface area (Å²) in [7, 11) is 2.48. The van der Waals surface area contributed by atoms with Crippen molar-refractivity contribution in [3.8, 4) is 0 Å². The number of esters is 2. The van der Waals surface area contributed by atoms with E-state index < -0.39 is 0 Å². The number of hydrogen-bond acceptors (Lipinski definition) is 6. The molecule has 0 aromatic carbocycles. The number of ether oxygens (including phenoxy) is 3. The highest BCUT2D eigenvalue weighted by Gasteiger charge is 2.67. The number of likely N-dealkylation sites (tertiary alicyclic amines) is 1. The molecular weight excluding hydrogens is 596 g/mol. The number of rotatable bonds is 4. The minimum absolute atomic E-state index is 0. The molecule has 0 bridgehead atoms. The molecule has 0 spiro atoms. The Morgan fingerprint density at radius 2 is 1.52 bits per heavy atom. The minimum atomic E-state index is -0.141. The van der Waals surface area contributed by atoms with Crippen molar-refractivity contribution < 1.29 is 28.3 Å². The second-order valence-electron chi connectivity index (χ2n) is 15.7. The van der Waals surface area contributed by atoms with Gasteiger partial charge in [0.25, 0.3) is 0 Å². The van der Waals surface area contributed by atoms with Gasteiger partial charge in [-0.25, -0.2) is 0 Å². The van der Waals surface area contributed by atoms with Gasteiger partial charge in [0, 0.05) is 44.8 Å². The van der Waals surface area contributed by atoms with Crippen LogP contribution in [0.15, 0.2) is 0 Å². The van der Waals surface area contributed by atoms with E-state index in [-0.39, 0.29) is 58.0 Å². The van der Waals surface area contributed by atoms with Crippen LogP contribution in [0.4, 0.5) is 0 Å². The van der Waals surface area contributed by atoms with Gasteiger partial charge in [0.1, 0.15) is 12.1 Å². The van der Waals surface area contributed by atoms with Crippen LogP contribution in [-0.4, -0.2) is 92.1 Å². The summed E-state index contributed by atoms with van der Waals surface area (Å²) in [5.41, 5.74) is 0.312. The summed E-state index contributed by atoms with van der Waals surface area (Å²) in [5, 5.41) is 0. The van der Waals surface area contributed by atoms with Crippen molar-refractivity contribution in [2.24, 2.45) is 34.5 Å². The van der Waals surface area contributed by atoms with E-state index in [9.17, 15) is 9.59 Å². The van der Waals surface area contributed by atoms with Crippen molar-refractivity contribution in [2.75, 3.05) is 46.4 Å². The maximum Gasteiger partial charge on any atom is 0.303 e. The normalized spacial score (nSPS) is 45.3. The second kappa shape index (κ2) is 12.6. The fraction of sp³-hybridized carbons (Fsp3) is 0.941. The summed E-state index contributed by atoms with van der Waals surface area (Å²) in [4.78, 5) is 27.3. The first-order chi connectivity index (χ1) is 19.5. The number of nitrogens with zero attached hydrogens (tertiary/aromatic N) is 2. The molecule has 4 saturated carbocycles. The van der Waals surface area contributed by atoms with Gasteiger partial charge in [0.2, 0.25) is 0 Å². The molecule has 0 aromatic rings.